The quantitative estimate of drug-likeness (QED) is 0.476. The summed E-state index contributed by atoms with van der Waals surface area (Å²) in [5.74, 6) is -5.99. The van der Waals surface area contributed by atoms with E-state index < -0.39 is 41.3 Å². The molecule has 31 heavy (non-hydrogen) atoms. The van der Waals surface area contributed by atoms with E-state index in [1.54, 1.807) is 13.8 Å². The van der Waals surface area contributed by atoms with Crippen LogP contribution in [0.5, 0.6) is 5.75 Å². The summed E-state index contributed by atoms with van der Waals surface area (Å²) in [6, 6.07) is 5.03. The topological polar surface area (TPSA) is 68.5 Å². The minimum absolute atomic E-state index is 0.113. The lowest BCUT2D eigenvalue weighted by molar-refractivity contribution is -0.148. The summed E-state index contributed by atoms with van der Waals surface area (Å²) in [6.45, 7) is 6.31. The lowest BCUT2D eigenvalue weighted by Gasteiger charge is -2.15. The number of halogens is 4. The maximum Gasteiger partial charge on any atom is 0.313 e. The van der Waals surface area contributed by atoms with Gasteiger partial charge in [0.2, 0.25) is 0 Å². The fraction of sp³-hybridized carbons (Fsp3) is 0.273. The Labute approximate surface area is 187 Å². The Kier molecular flexibility index (Phi) is 6.30. The monoisotopic (exact) mass is 469 g/mol. The Morgan fingerprint density at radius 2 is 1.74 bits per heavy atom. The molecule has 0 aliphatic carbocycles. The van der Waals surface area contributed by atoms with E-state index in [4.69, 9.17) is 27.9 Å². The highest BCUT2D eigenvalue weighted by molar-refractivity contribution is 6.42. The van der Waals surface area contributed by atoms with Gasteiger partial charge in [-0.1, -0.05) is 23.2 Å². The number of fused-ring (bicyclic) bond motifs is 1. The first-order valence-corrected chi connectivity index (χ1v) is 10.1. The molecular weight excluding hydrogens is 451 g/mol. The number of esters is 1. The Morgan fingerprint density at radius 3 is 2.32 bits per heavy atom. The normalized spacial score (nSPS) is 12.4. The third-order valence-corrected chi connectivity index (χ3v) is 5.66. The van der Waals surface area contributed by atoms with E-state index >= 15 is 0 Å². The zero-order valence-electron chi connectivity index (χ0n) is 17.1. The molecule has 0 fully saturated rings. The summed E-state index contributed by atoms with van der Waals surface area (Å²) in [5, 5.41) is 9.95. The molecular formula is C22H19Cl2F2NO4. The van der Waals surface area contributed by atoms with Crippen molar-refractivity contribution in [3.05, 3.63) is 62.8 Å². The van der Waals surface area contributed by atoms with Gasteiger partial charge in [-0.3, -0.25) is 14.2 Å². The molecule has 1 aromatic heterocycles. The molecule has 0 saturated carbocycles. The van der Waals surface area contributed by atoms with Crippen molar-refractivity contribution in [2.45, 2.75) is 39.7 Å². The number of hydrogen-bond donors (Lipinski definition) is 1. The molecule has 0 unspecified atom stereocenters. The van der Waals surface area contributed by atoms with Crippen LogP contribution >= 0.6 is 23.2 Å². The van der Waals surface area contributed by atoms with Gasteiger partial charge in [-0.2, -0.15) is 0 Å². The average molecular weight is 470 g/mol. The fourth-order valence-electron chi connectivity index (χ4n) is 3.51. The second kappa shape index (κ2) is 8.48. The molecule has 1 N–H and O–H groups in total. The number of rotatable bonds is 4. The standard InChI is InChI=1S/C22H19Cl2F2NO4/c1-9(2)31-22(30)10(3)17-11(4)27(16-8-15(25)20(28)19(26)18(16)17)21(29)12-5-6-13(23)14(24)7-12/h5-10,28H,1-4H3/t10-/m1/s1. The molecule has 9 heteroatoms. The second-order valence-corrected chi connectivity index (χ2v) is 8.21. The van der Waals surface area contributed by atoms with E-state index in [-0.39, 0.29) is 37.8 Å². The van der Waals surface area contributed by atoms with Crippen LogP contribution in [-0.4, -0.2) is 27.7 Å². The van der Waals surface area contributed by atoms with E-state index in [1.165, 1.54) is 32.0 Å². The van der Waals surface area contributed by atoms with Crippen molar-refractivity contribution in [1.29, 1.82) is 0 Å². The number of aromatic hydroxyl groups is 1. The summed E-state index contributed by atoms with van der Waals surface area (Å²) < 4.78 is 35.5. The lowest BCUT2D eigenvalue weighted by atomic mass is 9.97. The van der Waals surface area contributed by atoms with Crippen molar-refractivity contribution < 1.29 is 28.2 Å². The molecule has 0 amide bonds. The van der Waals surface area contributed by atoms with Crippen molar-refractivity contribution in [3.63, 3.8) is 0 Å². The smallest absolute Gasteiger partial charge is 0.313 e. The molecule has 5 nitrogen and oxygen atoms in total. The number of carbonyl (C=O) groups excluding carboxylic acids is 2. The van der Waals surface area contributed by atoms with Gasteiger partial charge in [-0.25, -0.2) is 8.78 Å². The number of ether oxygens (including phenoxy) is 1. The van der Waals surface area contributed by atoms with Crippen LogP contribution in [0.25, 0.3) is 10.9 Å². The van der Waals surface area contributed by atoms with Crippen LogP contribution < -0.4 is 0 Å². The molecule has 0 radical (unpaired) electrons. The van der Waals surface area contributed by atoms with E-state index in [0.717, 1.165) is 10.6 Å². The minimum Gasteiger partial charge on any atom is -0.503 e. The van der Waals surface area contributed by atoms with Gasteiger partial charge in [0.1, 0.15) is 0 Å². The largest absolute Gasteiger partial charge is 0.503 e. The molecule has 3 aromatic rings. The van der Waals surface area contributed by atoms with Crippen LogP contribution in [0.1, 0.15) is 48.3 Å². The van der Waals surface area contributed by atoms with Crippen LogP contribution in [0.3, 0.4) is 0 Å². The van der Waals surface area contributed by atoms with Crippen molar-refractivity contribution in [2.24, 2.45) is 0 Å². The Hall–Kier alpha value is -2.64. The zero-order valence-corrected chi connectivity index (χ0v) is 18.6. The zero-order chi connectivity index (χ0) is 23.2. The molecule has 164 valence electrons. The molecule has 1 heterocycles. The lowest BCUT2D eigenvalue weighted by Crippen LogP contribution is -2.19. The van der Waals surface area contributed by atoms with Crippen LogP contribution in [0, 0.1) is 18.6 Å². The third kappa shape index (κ3) is 4.00. The Balaban J connectivity index is 2.32. The summed E-state index contributed by atoms with van der Waals surface area (Å²) in [6.07, 6.45) is -0.419. The van der Waals surface area contributed by atoms with Gasteiger partial charge in [0.05, 0.1) is 27.6 Å². The molecule has 3 rings (SSSR count). The van der Waals surface area contributed by atoms with E-state index in [2.05, 4.69) is 0 Å². The van der Waals surface area contributed by atoms with Crippen molar-refractivity contribution in [3.8, 4) is 5.75 Å². The number of aromatic nitrogens is 1. The number of phenols is 1. The van der Waals surface area contributed by atoms with Crippen LogP contribution in [-0.2, 0) is 9.53 Å². The SMILES string of the molecule is Cc1c([C@@H](C)C(=O)OC(C)C)c2c(F)c(O)c(F)cc2n1C(=O)c1ccc(Cl)c(Cl)c1. The van der Waals surface area contributed by atoms with Crippen LogP contribution in [0.15, 0.2) is 24.3 Å². The minimum atomic E-state index is -1.27. The highest BCUT2D eigenvalue weighted by atomic mass is 35.5. The summed E-state index contributed by atoms with van der Waals surface area (Å²) in [7, 11) is 0. The summed E-state index contributed by atoms with van der Waals surface area (Å²) in [5.41, 5.74) is 0.290. The van der Waals surface area contributed by atoms with Gasteiger partial charge in [-0.15, -0.1) is 0 Å². The number of benzene rings is 2. The summed E-state index contributed by atoms with van der Waals surface area (Å²) in [4.78, 5) is 25.8. The predicted molar refractivity (Wildman–Crippen MR) is 114 cm³/mol. The second-order valence-electron chi connectivity index (χ2n) is 7.39. The number of phenolic OH excluding ortho intramolecular Hbond substituents is 1. The first-order chi connectivity index (χ1) is 14.5. The average Bonchev–Trinajstić information content (AvgIpc) is 2.98. The van der Waals surface area contributed by atoms with Gasteiger partial charge in [0, 0.05) is 22.7 Å². The number of carbonyl (C=O) groups is 2. The number of hydrogen-bond acceptors (Lipinski definition) is 4. The van der Waals surface area contributed by atoms with Crippen LogP contribution in [0.2, 0.25) is 10.0 Å². The Morgan fingerprint density at radius 1 is 1.10 bits per heavy atom. The fourth-order valence-corrected chi connectivity index (χ4v) is 3.81. The van der Waals surface area contributed by atoms with Gasteiger partial charge in [0.25, 0.3) is 5.91 Å². The highest BCUT2D eigenvalue weighted by Gasteiger charge is 2.31. The molecule has 0 spiro atoms. The number of nitrogens with zero attached hydrogens (tertiary/aromatic N) is 1. The maximum absolute atomic E-state index is 15.0. The van der Waals surface area contributed by atoms with Gasteiger partial charge in [0.15, 0.2) is 17.4 Å². The molecule has 2 aromatic carbocycles. The van der Waals surface area contributed by atoms with E-state index in [0.29, 0.717) is 0 Å². The van der Waals surface area contributed by atoms with Crippen LogP contribution in [0.4, 0.5) is 8.78 Å². The van der Waals surface area contributed by atoms with Crippen molar-refractivity contribution >= 4 is 46.0 Å². The third-order valence-electron chi connectivity index (χ3n) is 4.92. The van der Waals surface area contributed by atoms with E-state index in [1.807, 2.05) is 0 Å². The van der Waals surface area contributed by atoms with Gasteiger partial charge >= 0.3 is 5.97 Å². The van der Waals surface area contributed by atoms with E-state index in [9.17, 15) is 23.5 Å². The van der Waals surface area contributed by atoms with Crippen molar-refractivity contribution in [1.82, 2.24) is 4.57 Å². The van der Waals surface area contributed by atoms with Crippen molar-refractivity contribution in [2.75, 3.05) is 0 Å². The maximum atomic E-state index is 15.0. The highest BCUT2D eigenvalue weighted by Crippen LogP contribution is 2.39. The first kappa shape index (κ1) is 23.0. The Bertz CT molecular complexity index is 1220. The molecule has 0 aliphatic heterocycles. The molecule has 0 bridgehead atoms. The van der Waals surface area contributed by atoms with Gasteiger partial charge < -0.3 is 9.84 Å². The molecule has 1 atom stereocenters. The molecule has 0 saturated heterocycles. The predicted octanol–water partition coefficient (Wildman–Crippen LogP) is 5.98. The first-order valence-electron chi connectivity index (χ1n) is 9.37. The molecule has 0 aliphatic rings. The van der Waals surface area contributed by atoms with Gasteiger partial charge in [-0.05, 0) is 51.5 Å². The summed E-state index contributed by atoms with van der Waals surface area (Å²) >= 11 is 11.9.